The average Bonchev–Trinajstić information content (AvgIpc) is 2.69. The van der Waals surface area contributed by atoms with Gasteiger partial charge in [-0.2, -0.15) is 0 Å². The fourth-order valence-corrected chi connectivity index (χ4v) is 5.13. The molecule has 0 bridgehead atoms. The predicted molar refractivity (Wildman–Crippen MR) is 93.0 cm³/mol. The molecule has 0 aliphatic heterocycles. The van der Waals surface area contributed by atoms with Crippen LogP contribution in [-0.4, -0.2) is 31.6 Å². The second-order valence-corrected chi connectivity index (χ2v) is 9.09. The Kier molecular flexibility index (Phi) is 5.69. The zero-order valence-corrected chi connectivity index (χ0v) is 15.3. The van der Waals surface area contributed by atoms with Crippen molar-refractivity contribution >= 4 is 33.9 Å². The summed E-state index contributed by atoms with van der Waals surface area (Å²) < 4.78 is 1.43. The van der Waals surface area contributed by atoms with E-state index in [0.29, 0.717) is 18.0 Å². The molecule has 0 radical (unpaired) electrons. The second kappa shape index (κ2) is 6.87. The molecule has 108 valence electrons. The Hall–Kier alpha value is 0.350. The maximum absolute atomic E-state index is 3.82. The first-order valence-corrected chi connectivity index (χ1v) is 9.06. The molecule has 2 nitrogen and oxygen atoms in total. The number of hydrogen-bond acceptors (Lipinski definition) is 3. The Bertz CT molecular complexity index is 406. The molecule has 19 heavy (non-hydrogen) atoms. The number of nitrogens with one attached hydrogen (secondary N) is 1. The number of aryl methyl sites for hydroxylation is 1. The van der Waals surface area contributed by atoms with Gasteiger partial charge in [0.15, 0.2) is 0 Å². The fourth-order valence-electron chi connectivity index (χ4n) is 3.01. The number of thiophene rings is 1. The van der Waals surface area contributed by atoms with Gasteiger partial charge in [0.2, 0.25) is 0 Å². The summed E-state index contributed by atoms with van der Waals surface area (Å²) in [5.74, 6) is 0.688. The third kappa shape index (κ3) is 3.93. The number of halogens is 1. The molecule has 2 unspecified atom stereocenters. The van der Waals surface area contributed by atoms with Crippen molar-refractivity contribution in [3.8, 4) is 0 Å². The van der Waals surface area contributed by atoms with Gasteiger partial charge in [-0.1, -0.05) is 13.8 Å². The minimum absolute atomic E-state index is 0.574. The topological polar surface area (TPSA) is 15.3 Å². The SMILES string of the molecule is CC(C)C(CNC1CCCc2sc(I)cc21)N(C)C. The summed E-state index contributed by atoms with van der Waals surface area (Å²) in [6, 6.07) is 3.57. The van der Waals surface area contributed by atoms with E-state index >= 15 is 0 Å². The van der Waals surface area contributed by atoms with E-state index in [9.17, 15) is 0 Å². The van der Waals surface area contributed by atoms with Gasteiger partial charge in [-0.05, 0) is 73.5 Å². The van der Waals surface area contributed by atoms with Crippen LogP contribution in [0.2, 0.25) is 0 Å². The third-order valence-electron chi connectivity index (χ3n) is 4.09. The van der Waals surface area contributed by atoms with E-state index in [-0.39, 0.29) is 0 Å². The molecule has 1 aromatic heterocycles. The van der Waals surface area contributed by atoms with E-state index in [0.717, 1.165) is 6.54 Å². The molecular weight excluding hydrogens is 367 g/mol. The molecule has 0 saturated heterocycles. The lowest BCUT2D eigenvalue weighted by molar-refractivity contribution is 0.216. The van der Waals surface area contributed by atoms with Gasteiger partial charge in [0.1, 0.15) is 0 Å². The van der Waals surface area contributed by atoms with Gasteiger partial charge in [-0.3, -0.25) is 0 Å². The van der Waals surface area contributed by atoms with Crippen molar-refractivity contribution in [3.63, 3.8) is 0 Å². The van der Waals surface area contributed by atoms with E-state index in [4.69, 9.17) is 0 Å². The van der Waals surface area contributed by atoms with Crippen LogP contribution in [0.3, 0.4) is 0 Å². The number of hydrogen-bond donors (Lipinski definition) is 1. The van der Waals surface area contributed by atoms with Crippen molar-refractivity contribution in [2.45, 2.75) is 45.2 Å². The van der Waals surface area contributed by atoms with Crippen LogP contribution < -0.4 is 5.32 Å². The molecule has 4 heteroatoms. The van der Waals surface area contributed by atoms with Crippen LogP contribution in [0.15, 0.2) is 6.07 Å². The Labute approximate surface area is 135 Å². The van der Waals surface area contributed by atoms with Crippen LogP contribution in [0.1, 0.15) is 43.2 Å². The number of likely N-dealkylation sites (N-methyl/N-ethyl adjacent to an activating group) is 1. The van der Waals surface area contributed by atoms with E-state index in [1.165, 1.54) is 22.1 Å². The van der Waals surface area contributed by atoms with Crippen LogP contribution in [0, 0.1) is 8.80 Å². The fraction of sp³-hybridized carbons (Fsp3) is 0.733. The molecule has 0 fully saturated rings. The molecule has 1 heterocycles. The molecule has 1 N–H and O–H groups in total. The van der Waals surface area contributed by atoms with Gasteiger partial charge in [-0.25, -0.2) is 0 Å². The first-order valence-electron chi connectivity index (χ1n) is 7.17. The summed E-state index contributed by atoms with van der Waals surface area (Å²) in [7, 11) is 4.37. The highest BCUT2D eigenvalue weighted by Gasteiger charge is 2.24. The zero-order chi connectivity index (χ0) is 14.0. The van der Waals surface area contributed by atoms with E-state index in [1.54, 1.807) is 10.4 Å². The van der Waals surface area contributed by atoms with Crippen molar-refractivity contribution in [1.82, 2.24) is 10.2 Å². The summed E-state index contributed by atoms with van der Waals surface area (Å²) in [5.41, 5.74) is 1.57. The van der Waals surface area contributed by atoms with Crippen LogP contribution >= 0.6 is 33.9 Å². The number of fused-ring (bicyclic) bond motifs is 1. The van der Waals surface area contributed by atoms with Crippen molar-refractivity contribution in [3.05, 3.63) is 19.4 Å². The van der Waals surface area contributed by atoms with Gasteiger partial charge in [0, 0.05) is 23.5 Å². The first kappa shape index (κ1) is 15.7. The van der Waals surface area contributed by atoms with Gasteiger partial charge < -0.3 is 10.2 Å². The second-order valence-electron chi connectivity index (χ2n) is 6.06. The maximum Gasteiger partial charge on any atom is 0.0659 e. The minimum atomic E-state index is 0.574. The summed E-state index contributed by atoms with van der Waals surface area (Å²) in [4.78, 5) is 3.96. The van der Waals surface area contributed by atoms with Gasteiger partial charge in [-0.15, -0.1) is 11.3 Å². The standard InChI is InChI=1S/C15H25IN2S/c1-10(2)13(18(3)4)9-17-12-6-5-7-14-11(12)8-15(16)19-14/h8,10,12-13,17H,5-7,9H2,1-4H3. The van der Waals surface area contributed by atoms with E-state index in [1.807, 2.05) is 11.3 Å². The molecule has 0 aromatic carbocycles. The van der Waals surface area contributed by atoms with Gasteiger partial charge in [0.25, 0.3) is 0 Å². The monoisotopic (exact) mass is 392 g/mol. The van der Waals surface area contributed by atoms with Crippen LogP contribution in [0.5, 0.6) is 0 Å². The normalized spacial score (nSPS) is 20.9. The van der Waals surface area contributed by atoms with Crippen molar-refractivity contribution in [2.75, 3.05) is 20.6 Å². The van der Waals surface area contributed by atoms with Gasteiger partial charge >= 0.3 is 0 Å². The molecule has 0 saturated carbocycles. The Morgan fingerprint density at radius 2 is 2.21 bits per heavy atom. The summed E-state index contributed by atoms with van der Waals surface area (Å²) in [6.07, 6.45) is 3.90. The number of nitrogens with zero attached hydrogens (tertiary/aromatic N) is 1. The smallest absolute Gasteiger partial charge is 0.0659 e. The van der Waals surface area contributed by atoms with Crippen LogP contribution in [0.4, 0.5) is 0 Å². The van der Waals surface area contributed by atoms with Gasteiger partial charge in [0.05, 0.1) is 2.88 Å². The molecule has 0 spiro atoms. The van der Waals surface area contributed by atoms with Crippen molar-refractivity contribution in [1.29, 1.82) is 0 Å². The molecule has 2 atom stereocenters. The highest BCUT2D eigenvalue weighted by molar-refractivity contribution is 14.1. The van der Waals surface area contributed by atoms with Crippen LogP contribution in [-0.2, 0) is 6.42 Å². The minimum Gasteiger partial charge on any atom is -0.308 e. The Balaban J connectivity index is 2.00. The molecule has 1 aliphatic rings. The summed E-state index contributed by atoms with van der Waals surface area (Å²) >= 11 is 4.43. The highest BCUT2D eigenvalue weighted by atomic mass is 127. The van der Waals surface area contributed by atoms with Crippen LogP contribution in [0.25, 0.3) is 0 Å². The van der Waals surface area contributed by atoms with E-state index < -0.39 is 0 Å². The largest absolute Gasteiger partial charge is 0.308 e. The predicted octanol–water partition coefficient (Wildman–Crippen LogP) is 3.91. The highest BCUT2D eigenvalue weighted by Crippen LogP contribution is 2.36. The van der Waals surface area contributed by atoms with E-state index in [2.05, 4.69) is 66.8 Å². The Morgan fingerprint density at radius 3 is 2.84 bits per heavy atom. The number of rotatable bonds is 5. The van der Waals surface area contributed by atoms with Crippen molar-refractivity contribution in [2.24, 2.45) is 5.92 Å². The van der Waals surface area contributed by atoms with Crippen molar-refractivity contribution < 1.29 is 0 Å². The Morgan fingerprint density at radius 1 is 1.47 bits per heavy atom. The molecule has 1 aromatic rings. The lowest BCUT2D eigenvalue weighted by atomic mass is 9.93. The zero-order valence-electron chi connectivity index (χ0n) is 12.4. The molecule has 0 amide bonds. The molecule has 2 rings (SSSR count). The lowest BCUT2D eigenvalue weighted by Gasteiger charge is -2.31. The summed E-state index contributed by atoms with van der Waals surface area (Å²) in [5, 5.41) is 3.82. The third-order valence-corrected chi connectivity index (χ3v) is 6.06. The summed E-state index contributed by atoms with van der Waals surface area (Å²) in [6.45, 7) is 5.71. The molecular formula is C15H25IN2S. The quantitative estimate of drug-likeness (QED) is 0.765. The molecule has 1 aliphatic carbocycles. The lowest BCUT2D eigenvalue weighted by Crippen LogP contribution is -2.43. The maximum atomic E-state index is 3.82. The first-order chi connectivity index (χ1) is 8.99. The average molecular weight is 392 g/mol.